The lowest BCUT2D eigenvalue weighted by Gasteiger charge is -2.26. The number of carboxylic acids is 1. The summed E-state index contributed by atoms with van der Waals surface area (Å²) >= 11 is 3.01. The maximum Gasteiger partial charge on any atom is 0.311 e. The van der Waals surface area contributed by atoms with Crippen molar-refractivity contribution >= 4 is 27.8 Å². The SMILES string of the molecule is CCC(CC)(CNC(=O)c1cccc(F)c1Br)C(=O)O. The summed E-state index contributed by atoms with van der Waals surface area (Å²) in [6, 6.07) is 4.14. The van der Waals surface area contributed by atoms with Gasteiger partial charge in [0.05, 0.1) is 15.5 Å². The first-order valence-corrected chi connectivity index (χ1v) is 7.13. The summed E-state index contributed by atoms with van der Waals surface area (Å²) in [5, 5.41) is 11.9. The third-order valence-corrected chi connectivity index (χ3v) is 4.40. The number of benzene rings is 1. The van der Waals surface area contributed by atoms with Crippen molar-refractivity contribution < 1.29 is 19.1 Å². The Morgan fingerprint density at radius 3 is 2.45 bits per heavy atom. The van der Waals surface area contributed by atoms with Gasteiger partial charge in [0.1, 0.15) is 5.82 Å². The molecule has 0 spiro atoms. The van der Waals surface area contributed by atoms with Crippen LogP contribution in [-0.2, 0) is 4.79 Å². The lowest BCUT2D eigenvalue weighted by Crippen LogP contribution is -2.42. The van der Waals surface area contributed by atoms with E-state index in [1.165, 1.54) is 18.2 Å². The van der Waals surface area contributed by atoms with Crippen molar-refractivity contribution in [2.75, 3.05) is 6.54 Å². The van der Waals surface area contributed by atoms with E-state index in [-0.39, 0.29) is 16.6 Å². The number of carbonyl (C=O) groups excluding carboxylic acids is 1. The van der Waals surface area contributed by atoms with Crippen molar-refractivity contribution in [3.8, 4) is 0 Å². The molecule has 0 bridgehead atoms. The fourth-order valence-corrected chi connectivity index (χ4v) is 2.35. The molecule has 0 aromatic heterocycles. The number of hydrogen-bond donors (Lipinski definition) is 2. The Morgan fingerprint density at radius 1 is 1.35 bits per heavy atom. The van der Waals surface area contributed by atoms with E-state index in [2.05, 4.69) is 21.2 Å². The van der Waals surface area contributed by atoms with Crippen LogP contribution in [0.1, 0.15) is 37.0 Å². The predicted molar refractivity (Wildman–Crippen MR) is 77.1 cm³/mol. The zero-order valence-electron chi connectivity index (χ0n) is 11.4. The molecular formula is C14H17BrFNO3. The van der Waals surface area contributed by atoms with Crippen molar-refractivity contribution in [3.05, 3.63) is 34.1 Å². The third-order valence-electron chi connectivity index (χ3n) is 3.59. The Hall–Kier alpha value is -1.43. The fourth-order valence-electron chi connectivity index (χ4n) is 1.90. The summed E-state index contributed by atoms with van der Waals surface area (Å²) in [7, 11) is 0. The molecule has 0 fully saturated rings. The number of halogens is 2. The van der Waals surface area contributed by atoms with Crippen LogP contribution in [0.3, 0.4) is 0 Å². The van der Waals surface area contributed by atoms with E-state index in [0.29, 0.717) is 12.8 Å². The highest BCUT2D eigenvalue weighted by molar-refractivity contribution is 9.10. The van der Waals surface area contributed by atoms with Gasteiger partial charge in [-0.1, -0.05) is 19.9 Å². The van der Waals surface area contributed by atoms with E-state index in [1.807, 2.05) is 0 Å². The molecule has 0 saturated carbocycles. The third kappa shape index (κ3) is 3.36. The van der Waals surface area contributed by atoms with Crippen LogP contribution in [0.5, 0.6) is 0 Å². The molecule has 0 heterocycles. The summed E-state index contributed by atoms with van der Waals surface area (Å²) < 4.78 is 13.4. The molecule has 0 aliphatic heterocycles. The lowest BCUT2D eigenvalue weighted by atomic mass is 9.82. The van der Waals surface area contributed by atoms with Gasteiger partial charge < -0.3 is 10.4 Å². The maximum atomic E-state index is 13.4. The Kier molecular flexibility index (Phi) is 5.68. The summed E-state index contributed by atoms with van der Waals surface area (Å²) in [4.78, 5) is 23.4. The molecule has 0 radical (unpaired) electrons. The molecular weight excluding hydrogens is 329 g/mol. The van der Waals surface area contributed by atoms with E-state index >= 15 is 0 Å². The van der Waals surface area contributed by atoms with Gasteiger partial charge in [0.2, 0.25) is 0 Å². The number of amides is 1. The molecule has 2 N–H and O–H groups in total. The monoisotopic (exact) mass is 345 g/mol. The van der Waals surface area contributed by atoms with Crippen LogP contribution in [0.25, 0.3) is 0 Å². The second kappa shape index (κ2) is 6.83. The molecule has 1 amide bonds. The summed E-state index contributed by atoms with van der Waals surface area (Å²) in [5.74, 6) is -1.97. The highest BCUT2D eigenvalue weighted by atomic mass is 79.9. The van der Waals surface area contributed by atoms with E-state index in [0.717, 1.165) is 0 Å². The molecule has 110 valence electrons. The number of carboxylic acid groups (broad SMARTS) is 1. The maximum absolute atomic E-state index is 13.4. The minimum absolute atomic E-state index is 0.0110. The Balaban J connectivity index is 2.86. The largest absolute Gasteiger partial charge is 0.481 e. The second-order valence-electron chi connectivity index (χ2n) is 4.58. The zero-order chi connectivity index (χ0) is 15.3. The molecule has 1 rings (SSSR count). The number of nitrogens with one attached hydrogen (secondary N) is 1. The quantitative estimate of drug-likeness (QED) is 0.831. The van der Waals surface area contributed by atoms with Crippen molar-refractivity contribution in [1.82, 2.24) is 5.32 Å². The molecule has 0 aliphatic rings. The van der Waals surface area contributed by atoms with E-state index < -0.39 is 23.1 Å². The highest BCUT2D eigenvalue weighted by Crippen LogP contribution is 2.26. The zero-order valence-corrected chi connectivity index (χ0v) is 13.0. The molecule has 0 aliphatic carbocycles. The molecule has 1 aromatic carbocycles. The molecule has 0 atom stereocenters. The van der Waals surface area contributed by atoms with Crippen molar-refractivity contribution in [3.63, 3.8) is 0 Å². The standard InChI is InChI=1S/C14H17BrFNO3/c1-3-14(4-2,13(19)20)8-17-12(18)9-6-5-7-10(16)11(9)15/h5-7H,3-4,8H2,1-2H3,(H,17,18)(H,19,20). The summed E-state index contributed by atoms with van der Waals surface area (Å²) in [6.07, 6.45) is 0.812. The lowest BCUT2D eigenvalue weighted by molar-refractivity contribution is -0.149. The van der Waals surface area contributed by atoms with Gasteiger partial charge in [-0.05, 0) is 40.9 Å². The van der Waals surface area contributed by atoms with Crippen LogP contribution in [-0.4, -0.2) is 23.5 Å². The van der Waals surface area contributed by atoms with Gasteiger partial charge in [-0.3, -0.25) is 9.59 Å². The van der Waals surface area contributed by atoms with Gasteiger partial charge in [-0.2, -0.15) is 0 Å². The van der Waals surface area contributed by atoms with Crippen LogP contribution in [0, 0.1) is 11.2 Å². The summed E-state index contributed by atoms with van der Waals surface area (Å²) in [6.45, 7) is 3.54. The van der Waals surface area contributed by atoms with Gasteiger partial charge in [0, 0.05) is 6.54 Å². The smallest absolute Gasteiger partial charge is 0.311 e. The second-order valence-corrected chi connectivity index (χ2v) is 5.37. The van der Waals surface area contributed by atoms with E-state index in [1.54, 1.807) is 13.8 Å². The normalized spacial score (nSPS) is 11.2. The van der Waals surface area contributed by atoms with Gasteiger partial charge in [-0.25, -0.2) is 4.39 Å². The molecule has 4 nitrogen and oxygen atoms in total. The Morgan fingerprint density at radius 2 is 1.95 bits per heavy atom. The predicted octanol–water partition coefficient (Wildman–Crippen LogP) is 3.21. The average Bonchev–Trinajstić information content (AvgIpc) is 2.43. The van der Waals surface area contributed by atoms with Gasteiger partial charge in [-0.15, -0.1) is 0 Å². The van der Waals surface area contributed by atoms with Crippen molar-refractivity contribution in [2.24, 2.45) is 5.41 Å². The first-order chi connectivity index (χ1) is 9.38. The Bertz CT molecular complexity index is 515. The van der Waals surface area contributed by atoms with Gasteiger partial charge >= 0.3 is 5.97 Å². The van der Waals surface area contributed by atoms with Crippen LogP contribution >= 0.6 is 15.9 Å². The number of aliphatic carboxylic acids is 1. The highest BCUT2D eigenvalue weighted by Gasteiger charge is 2.35. The minimum atomic E-state index is -0.991. The first kappa shape index (κ1) is 16.6. The minimum Gasteiger partial charge on any atom is -0.481 e. The molecule has 1 aromatic rings. The Labute approximate surface area is 125 Å². The first-order valence-electron chi connectivity index (χ1n) is 6.33. The van der Waals surface area contributed by atoms with Gasteiger partial charge in [0.25, 0.3) is 5.91 Å². The average molecular weight is 346 g/mol. The molecule has 0 unspecified atom stereocenters. The van der Waals surface area contributed by atoms with Crippen LogP contribution in [0.2, 0.25) is 0 Å². The number of hydrogen-bond acceptors (Lipinski definition) is 2. The fraction of sp³-hybridized carbons (Fsp3) is 0.429. The number of rotatable bonds is 6. The van der Waals surface area contributed by atoms with Crippen LogP contribution in [0.4, 0.5) is 4.39 Å². The van der Waals surface area contributed by atoms with Crippen molar-refractivity contribution in [2.45, 2.75) is 26.7 Å². The van der Waals surface area contributed by atoms with Crippen LogP contribution < -0.4 is 5.32 Å². The van der Waals surface area contributed by atoms with Crippen molar-refractivity contribution in [1.29, 1.82) is 0 Å². The topological polar surface area (TPSA) is 66.4 Å². The summed E-state index contributed by atoms with van der Waals surface area (Å²) in [5.41, 5.74) is -0.841. The number of carbonyl (C=O) groups is 2. The molecule has 20 heavy (non-hydrogen) atoms. The molecule has 0 saturated heterocycles. The van der Waals surface area contributed by atoms with Crippen LogP contribution in [0.15, 0.2) is 22.7 Å². The van der Waals surface area contributed by atoms with E-state index in [9.17, 15) is 19.1 Å². The van der Waals surface area contributed by atoms with Gasteiger partial charge in [0.15, 0.2) is 0 Å². The van der Waals surface area contributed by atoms with E-state index in [4.69, 9.17) is 0 Å². The molecule has 6 heteroatoms.